The smallest absolute Gasteiger partial charge is 0.335 e. The monoisotopic (exact) mass is 322 g/mol. The van der Waals surface area contributed by atoms with E-state index in [0.29, 0.717) is 11.3 Å². The Hall–Kier alpha value is -2.73. The Balaban J connectivity index is 1.59. The van der Waals surface area contributed by atoms with E-state index in [1.54, 1.807) is 12.3 Å². The van der Waals surface area contributed by atoms with Crippen molar-refractivity contribution < 1.29 is 9.84 Å². The predicted octanol–water partition coefficient (Wildman–Crippen LogP) is 2.53. The first-order valence-electron chi connectivity index (χ1n) is 8.09. The van der Waals surface area contributed by atoms with Gasteiger partial charge in [0.25, 0.3) is 0 Å². The Morgan fingerprint density at radius 2 is 1.79 bits per heavy atom. The topological polar surface area (TPSA) is 80.2 Å². The van der Waals surface area contributed by atoms with E-state index in [0.717, 1.165) is 36.7 Å². The van der Waals surface area contributed by atoms with Crippen LogP contribution in [0.5, 0.6) is 11.8 Å². The number of nitrogens with zero attached hydrogens (tertiary/aromatic N) is 3. The van der Waals surface area contributed by atoms with Crippen LogP contribution in [0.15, 0.2) is 42.6 Å². The molecule has 2 N–H and O–H groups in total. The predicted molar refractivity (Wildman–Crippen MR) is 91.0 cm³/mol. The number of ether oxygens (including phenoxy) is 1. The molecule has 0 amide bonds. The second-order valence-corrected chi connectivity index (χ2v) is 5.91. The van der Waals surface area contributed by atoms with E-state index in [1.807, 2.05) is 30.3 Å². The van der Waals surface area contributed by atoms with Crippen molar-refractivity contribution in [3.63, 3.8) is 0 Å². The van der Waals surface area contributed by atoms with Crippen LogP contribution in [-0.2, 0) is 0 Å². The second-order valence-electron chi connectivity index (χ2n) is 5.91. The summed E-state index contributed by atoms with van der Waals surface area (Å²) in [5, 5.41) is 23.8. The maximum Gasteiger partial charge on any atom is 0.335 e. The zero-order valence-corrected chi connectivity index (χ0v) is 13.1. The van der Waals surface area contributed by atoms with Gasteiger partial charge in [-0.1, -0.05) is 29.4 Å². The van der Waals surface area contributed by atoms with Crippen molar-refractivity contribution in [3.8, 4) is 23.0 Å². The van der Waals surface area contributed by atoms with Crippen LogP contribution >= 0.6 is 0 Å². The van der Waals surface area contributed by atoms with Crippen LogP contribution in [0.25, 0.3) is 22.0 Å². The molecule has 3 aromatic rings. The Morgan fingerprint density at radius 1 is 1.04 bits per heavy atom. The molecule has 1 fully saturated rings. The number of phenolic OH excluding ortho intramolecular Hbond substituents is 1. The molecule has 0 unspecified atom stereocenters. The molecule has 0 saturated carbocycles. The molecular formula is C18H18N4O2. The third-order valence-electron chi connectivity index (χ3n) is 4.24. The summed E-state index contributed by atoms with van der Waals surface area (Å²) in [6.45, 7) is 1.89. The van der Waals surface area contributed by atoms with Crippen molar-refractivity contribution in [2.24, 2.45) is 0 Å². The molecule has 0 spiro atoms. The summed E-state index contributed by atoms with van der Waals surface area (Å²) in [6.07, 6.45) is 3.60. The number of aromatic hydroxyl groups is 1. The van der Waals surface area contributed by atoms with Gasteiger partial charge in [-0.15, -0.1) is 5.10 Å². The molecule has 2 aromatic carbocycles. The largest absolute Gasteiger partial charge is 0.507 e. The van der Waals surface area contributed by atoms with Gasteiger partial charge in [-0.3, -0.25) is 0 Å². The zero-order chi connectivity index (χ0) is 16.4. The van der Waals surface area contributed by atoms with Gasteiger partial charge in [0.2, 0.25) is 0 Å². The van der Waals surface area contributed by atoms with Gasteiger partial charge in [0.1, 0.15) is 17.5 Å². The van der Waals surface area contributed by atoms with E-state index in [4.69, 9.17) is 4.74 Å². The van der Waals surface area contributed by atoms with Gasteiger partial charge in [0.05, 0.1) is 6.20 Å². The molecule has 6 heteroatoms. The highest BCUT2D eigenvalue weighted by atomic mass is 16.5. The lowest BCUT2D eigenvalue weighted by Crippen LogP contribution is -2.34. The summed E-state index contributed by atoms with van der Waals surface area (Å²) >= 11 is 0. The van der Waals surface area contributed by atoms with Gasteiger partial charge in [-0.2, -0.15) is 0 Å². The van der Waals surface area contributed by atoms with Gasteiger partial charge in [-0.25, -0.2) is 4.98 Å². The average Bonchev–Trinajstić information content (AvgIpc) is 2.63. The summed E-state index contributed by atoms with van der Waals surface area (Å²) in [6, 6.07) is 11.8. The fourth-order valence-electron chi connectivity index (χ4n) is 2.94. The molecular weight excluding hydrogens is 304 g/mol. The highest BCUT2D eigenvalue weighted by Gasteiger charge is 2.16. The van der Waals surface area contributed by atoms with Crippen molar-refractivity contribution in [1.29, 1.82) is 0 Å². The van der Waals surface area contributed by atoms with Crippen molar-refractivity contribution in [2.75, 3.05) is 13.1 Å². The van der Waals surface area contributed by atoms with Crippen LogP contribution in [0.1, 0.15) is 12.8 Å². The van der Waals surface area contributed by atoms with Crippen LogP contribution in [0.3, 0.4) is 0 Å². The lowest BCUT2D eigenvalue weighted by molar-refractivity contribution is 0.147. The van der Waals surface area contributed by atoms with Crippen LogP contribution in [0.4, 0.5) is 0 Å². The van der Waals surface area contributed by atoms with Crippen molar-refractivity contribution in [1.82, 2.24) is 20.5 Å². The van der Waals surface area contributed by atoms with E-state index in [9.17, 15) is 5.11 Å². The summed E-state index contributed by atoms with van der Waals surface area (Å²) in [5.41, 5.74) is 1.14. The minimum Gasteiger partial charge on any atom is -0.507 e. The first-order valence-corrected chi connectivity index (χ1v) is 8.09. The van der Waals surface area contributed by atoms with Crippen molar-refractivity contribution in [2.45, 2.75) is 18.9 Å². The quantitative estimate of drug-likeness (QED) is 0.771. The number of fused-ring (bicyclic) bond motifs is 1. The number of rotatable bonds is 3. The third-order valence-corrected chi connectivity index (χ3v) is 4.24. The van der Waals surface area contributed by atoms with E-state index >= 15 is 0 Å². The molecule has 122 valence electrons. The van der Waals surface area contributed by atoms with Gasteiger partial charge in [0, 0.05) is 5.56 Å². The molecule has 2 heterocycles. The molecule has 4 rings (SSSR count). The highest BCUT2D eigenvalue weighted by Crippen LogP contribution is 2.31. The molecule has 0 aliphatic carbocycles. The molecule has 0 bridgehead atoms. The molecule has 6 nitrogen and oxygen atoms in total. The Morgan fingerprint density at radius 3 is 2.50 bits per heavy atom. The first kappa shape index (κ1) is 14.8. The van der Waals surface area contributed by atoms with Crippen LogP contribution in [0.2, 0.25) is 0 Å². The van der Waals surface area contributed by atoms with Gasteiger partial charge < -0.3 is 15.2 Å². The Labute approximate surface area is 139 Å². The number of aromatic nitrogens is 3. The molecule has 24 heavy (non-hydrogen) atoms. The second kappa shape index (κ2) is 6.41. The fourth-order valence-corrected chi connectivity index (χ4v) is 2.94. The van der Waals surface area contributed by atoms with Crippen LogP contribution < -0.4 is 10.1 Å². The molecule has 0 atom stereocenters. The third kappa shape index (κ3) is 3.00. The molecule has 1 aliphatic heterocycles. The summed E-state index contributed by atoms with van der Waals surface area (Å²) < 4.78 is 5.76. The van der Waals surface area contributed by atoms with Gasteiger partial charge in [-0.05, 0) is 48.8 Å². The number of hydrogen-bond donors (Lipinski definition) is 2. The number of hydrogen-bond acceptors (Lipinski definition) is 6. The molecule has 1 saturated heterocycles. The fraction of sp³-hybridized carbons (Fsp3) is 0.278. The van der Waals surface area contributed by atoms with Crippen LogP contribution in [-0.4, -0.2) is 39.5 Å². The first-order chi connectivity index (χ1) is 11.8. The normalized spacial score (nSPS) is 15.5. The maximum absolute atomic E-state index is 10.3. The summed E-state index contributed by atoms with van der Waals surface area (Å²) in [7, 11) is 0. The lowest BCUT2D eigenvalue weighted by Gasteiger charge is -2.22. The zero-order valence-electron chi connectivity index (χ0n) is 13.1. The van der Waals surface area contributed by atoms with E-state index in [-0.39, 0.29) is 17.9 Å². The summed E-state index contributed by atoms with van der Waals surface area (Å²) in [5.74, 6) is 0.164. The van der Waals surface area contributed by atoms with Crippen molar-refractivity contribution in [3.05, 3.63) is 42.6 Å². The number of piperidine rings is 1. The highest BCUT2D eigenvalue weighted by molar-refractivity contribution is 5.89. The number of benzene rings is 2. The number of nitrogens with one attached hydrogen (secondary N) is 1. The minimum absolute atomic E-state index is 0.132. The molecule has 1 aromatic heterocycles. The Bertz CT molecular complexity index is 845. The Kier molecular flexibility index (Phi) is 3.96. The average molecular weight is 322 g/mol. The maximum atomic E-state index is 10.3. The van der Waals surface area contributed by atoms with Gasteiger partial charge >= 0.3 is 6.01 Å². The van der Waals surface area contributed by atoms with E-state index in [2.05, 4.69) is 20.5 Å². The minimum atomic E-state index is 0.132. The van der Waals surface area contributed by atoms with Crippen molar-refractivity contribution >= 4 is 10.8 Å². The molecule has 0 radical (unpaired) electrons. The standard InChI is InChI=1S/C18H18N4O2/c23-17-10-13-4-2-1-3-12(13)9-15(17)16-11-20-18(22-21-16)24-14-5-7-19-8-6-14/h1-4,9-11,14,19,23H,5-8H2. The lowest BCUT2D eigenvalue weighted by atomic mass is 10.0. The van der Waals surface area contributed by atoms with E-state index < -0.39 is 0 Å². The SMILES string of the molecule is Oc1cc2ccccc2cc1-c1cnc(OC2CCNCC2)nn1. The summed E-state index contributed by atoms with van der Waals surface area (Å²) in [4.78, 5) is 4.24. The number of phenols is 1. The van der Waals surface area contributed by atoms with Crippen LogP contribution in [0, 0.1) is 0 Å². The van der Waals surface area contributed by atoms with E-state index in [1.165, 1.54) is 0 Å². The van der Waals surface area contributed by atoms with Gasteiger partial charge in [0.15, 0.2) is 0 Å². The molecule has 1 aliphatic rings.